The minimum atomic E-state index is -0.243. The normalized spacial score (nSPS) is 16.1. The van der Waals surface area contributed by atoms with Crippen molar-refractivity contribution in [2.75, 3.05) is 0 Å². The van der Waals surface area contributed by atoms with Gasteiger partial charge in [0.1, 0.15) is 5.76 Å². The summed E-state index contributed by atoms with van der Waals surface area (Å²) >= 11 is 0. The molecule has 0 aliphatic heterocycles. The molecule has 0 spiro atoms. The summed E-state index contributed by atoms with van der Waals surface area (Å²) in [6, 6.07) is 0. The van der Waals surface area contributed by atoms with E-state index < -0.39 is 0 Å². The van der Waals surface area contributed by atoms with Crippen LogP contribution in [0, 0.1) is 0 Å². The van der Waals surface area contributed by atoms with Crippen LogP contribution in [0.15, 0.2) is 35.1 Å². The van der Waals surface area contributed by atoms with Gasteiger partial charge in [-0.05, 0) is 37.8 Å². The summed E-state index contributed by atoms with van der Waals surface area (Å²) in [5.74, 6) is 0.508. The van der Waals surface area contributed by atoms with Gasteiger partial charge in [-0.1, -0.05) is 24.6 Å². The Morgan fingerprint density at radius 1 is 1.53 bits per heavy atom. The third-order valence-electron chi connectivity index (χ3n) is 2.38. The Morgan fingerprint density at radius 2 is 2.27 bits per heavy atom. The van der Waals surface area contributed by atoms with Crippen LogP contribution in [0.2, 0.25) is 0 Å². The average molecular weight is 206 g/mol. The molecule has 82 valence electrons. The molecule has 1 rings (SSSR count). The second kappa shape index (κ2) is 5.54. The summed E-state index contributed by atoms with van der Waals surface area (Å²) in [6.45, 7) is 5.63. The first-order chi connectivity index (χ1) is 7.15. The third-order valence-corrected chi connectivity index (χ3v) is 2.38. The van der Waals surface area contributed by atoms with E-state index in [1.807, 2.05) is 6.08 Å². The molecule has 0 N–H and O–H groups in total. The highest BCUT2D eigenvalue weighted by Gasteiger charge is 2.16. The van der Waals surface area contributed by atoms with Gasteiger partial charge in [-0.3, -0.25) is 4.79 Å². The number of carbonyl (C=O) groups is 1. The highest BCUT2D eigenvalue weighted by Crippen LogP contribution is 2.29. The van der Waals surface area contributed by atoms with Crippen LogP contribution in [0.4, 0.5) is 0 Å². The van der Waals surface area contributed by atoms with Gasteiger partial charge in [0.2, 0.25) is 0 Å². The zero-order valence-corrected chi connectivity index (χ0v) is 9.67. The van der Waals surface area contributed by atoms with Gasteiger partial charge in [0.25, 0.3) is 0 Å². The van der Waals surface area contributed by atoms with Crippen LogP contribution in [0.25, 0.3) is 0 Å². The molecule has 0 unspecified atom stereocenters. The first kappa shape index (κ1) is 11.8. The smallest absolute Gasteiger partial charge is 0.308 e. The van der Waals surface area contributed by atoms with E-state index in [4.69, 9.17) is 4.74 Å². The van der Waals surface area contributed by atoms with Crippen molar-refractivity contribution in [1.82, 2.24) is 0 Å². The highest BCUT2D eigenvalue weighted by molar-refractivity contribution is 5.68. The molecule has 1 aliphatic rings. The van der Waals surface area contributed by atoms with E-state index >= 15 is 0 Å². The maximum Gasteiger partial charge on any atom is 0.308 e. The van der Waals surface area contributed by atoms with Gasteiger partial charge in [0.05, 0.1) is 0 Å². The van der Waals surface area contributed by atoms with Crippen LogP contribution in [-0.2, 0) is 9.53 Å². The summed E-state index contributed by atoms with van der Waals surface area (Å²) in [4.78, 5) is 10.9. The average Bonchev–Trinajstić information content (AvgIpc) is 2.49. The predicted octanol–water partition coefficient (Wildman–Crippen LogP) is 3.51. The minimum absolute atomic E-state index is 0.243. The number of allylic oxidation sites excluding steroid dienone is 5. The standard InChI is InChI=1S/C13H18O2/c1-4-5-6-7-12-10(2)8-9-13(12)15-11(3)14/h5-6,9H,4,7-8H2,1-3H3/b6-5-. The number of ether oxygens (including phenoxy) is 1. The van der Waals surface area contributed by atoms with Crippen LogP contribution in [0.1, 0.15) is 40.0 Å². The molecule has 0 heterocycles. The fraction of sp³-hybridized carbons (Fsp3) is 0.462. The van der Waals surface area contributed by atoms with E-state index in [1.54, 1.807) is 0 Å². The Kier molecular flexibility index (Phi) is 4.35. The van der Waals surface area contributed by atoms with Crippen molar-refractivity contribution in [3.63, 3.8) is 0 Å². The summed E-state index contributed by atoms with van der Waals surface area (Å²) in [5.41, 5.74) is 2.46. The van der Waals surface area contributed by atoms with Crippen LogP contribution >= 0.6 is 0 Å². The van der Waals surface area contributed by atoms with Gasteiger partial charge in [0.15, 0.2) is 0 Å². The van der Waals surface area contributed by atoms with E-state index in [2.05, 4.69) is 26.0 Å². The molecular formula is C13H18O2. The van der Waals surface area contributed by atoms with Crippen molar-refractivity contribution in [3.05, 3.63) is 35.1 Å². The summed E-state index contributed by atoms with van der Waals surface area (Å²) in [7, 11) is 0. The van der Waals surface area contributed by atoms with Gasteiger partial charge >= 0.3 is 5.97 Å². The van der Waals surface area contributed by atoms with Gasteiger partial charge in [-0.15, -0.1) is 0 Å². The largest absolute Gasteiger partial charge is 0.427 e. The number of hydrogen-bond donors (Lipinski definition) is 0. The number of hydrogen-bond acceptors (Lipinski definition) is 2. The molecule has 0 bridgehead atoms. The second-order valence-corrected chi connectivity index (χ2v) is 3.71. The molecule has 0 aromatic carbocycles. The SMILES string of the molecule is CC/C=C\CC1=C(C)CC=C1OC(C)=O. The van der Waals surface area contributed by atoms with E-state index in [1.165, 1.54) is 12.5 Å². The molecule has 0 aromatic heterocycles. The lowest BCUT2D eigenvalue weighted by molar-refractivity contribution is -0.136. The Bertz CT molecular complexity index is 332. The van der Waals surface area contributed by atoms with E-state index in [-0.39, 0.29) is 5.97 Å². The van der Waals surface area contributed by atoms with Crippen molar-refractivity contribution in [2.45, 2.75) is 40.0 Å². The van der Waals surface area contributed by atoms with Crippen LogP contribution in [-0.4, -0.2) is 5.97 Å². The molecule has 1 aliphatic carbocycles. The van der Waals surface area contributed by atoms with Crippen molar-refractivity contribution in [3.8, 4) is 0 Å². The monoisotopic (exact) mass is 206 g/mol. The molecular weight excluding hydrogens is 188 g/mol. The Labute approximate surface area is 91.3 Å². The van der Waals surface area contributed by atoms with E-state index in [9.17, 15) is 4.79 Å². The number of rotatable bonds is 4. The Morgan fingerprint density at radius 3 is 2.87 bits per heavy atom. The zero-order chi connectivity index (χ0) is 11.3. The quantitative estimate of drug-likeness (QED) is 0.519. The molecule has 2 nitrogen and oxygen atoms in total. The Hall–Kier alpha value is -1.31. The maximum absolute atomic E-state index is 10.9. The lowest BCUT2D eigenvalue weighted by atomic mass is 10.1. The topological polar surface area (TPSA) is 26.3 Å². The molecule has 0 fully saturated rings. The van der Waals surface area contributed by atoms with Crippen molar-refractivity contribution < 1.29 is 9.53 Å². The molecule has 0 amide bonds. The fourth-order valence-electron chi connectivity index (χ4n) is 1.60. The molecule has 0 aromatic rings. The summed E-state index contributed by atoms with van der Waals surface area (Å²) in [6.07, 6.45) is 9.03. The van der Waals surface area contributed by atoms with Gasteiger partial charge in [0, 0.05) is 6.92 Å². The minimum Gasteiger partial charge on any atom is -0.427 e. The lowest BCUT2D eigenvalue weighted by Crippen LogP contribution is -1.99. The first-order valence-corrected chi connectivity index (χ1v) is 5.37. The Balaban J connectivity index is 2.66. The van der Waals surface area contributed by atoms with Gasteiger partial charge in [-0.2, -0.15) is 0 Å². The zero-order valence-electron chi connectivity index (χ0n) is 9.67. The summed E-state index contributed by atoms with van der Waals surface area (Å²) < 4.78 is 5.16. The fourth-order valence-corrected chi connectivity index (χ4v) is 1.60. The molecule has 2 heteroatoms. The molecule has 0 atom stereocenters. The van der Waals surface area contributed by atoms with Crippen LogP contribution in [0.3, 0.4) is 0 Å². The summed E-state index contributed by atoms with van der Waals surface area (Å²) in [5, 5.41) is 0. The first-order valence-electron chi connectivity index (χ1n) is 5.37. The van der Waals surface area contributed by atoms with E-state index in [0.29, 0.717) is 0 Å². The van der Waals surface area contributed by atoms with Crippen LogP contribution in [0.5, 0.6) is 0 Å². The molecule has 0 saturated heterocycles. The van der Waals surface area contributed by atoms with E-state index in [0.717, 1.165) is 30.6 Å². The maximum atomic E-state index is 10.9. The second-order valence-electron chi connectivity index (χ2n) is 3.71. The predicted molar refractivity (Wildman–Crippen MR) is 61.2 cm³/mol. The lowest BCUT2D eigenvalue weighted by Gasteiger charge is -2.07. The van der Waals surface area contributed by atoms with Crippen molar-refractivity contribution in [1.29, 1.82) is 0 Å². The molecule has 0 radical (unpaired) electrons. The number of carbonyl (C=O) groups excluding carboxylic acids is 1. The molecule has 0 saturated carbocycles. The van der Waals surface area contributed by atoms with Crippen LogP contribution < -0.4 is 0 Å². The number of esters is 1. The third kappa shape index (κ3) is 3.39. The van der Waals surface area contributed by atoms with Crippen molar-refractivity contribution >= 4 is 5.97 Å². The molecule has 15 heavy (non-hydrogen) atoms. The van der Waals surface area contributed by atoms with Crippen molar-refractivity contribution in [2.24, 2.45) is 0 Å². The van der Waals surface area contributed by atoms with Gasteiger partial charge < -0.3 is 4.74 Å². The van der Waals surface area contributed by atoms with Gasteiger partial charge in [-0.25, -0.2) is 0 Å². The highest BCUT2D eigenvalue weighted by atomic mass is 16.5.